The van der Waals surface area contributed by atoms with Crippen LogP contribution in [0.2, 0.25) is 0 Å². The second-order valence-corrected chi connectivity index (χ2v) is 8.76. The highest BCUT2D eigenvalue weighted by atomic mass is 32.2. The van der Waals surface area contributed by atoms with Crippen LogP contribution in [0, 0.1) is 13.8 Å². The SMILES string of the molecule is CCC(C(=O)Nc1cccc(C(F)(F)F)c1)N(c1cc(C)cc(C)c1)S(C)(=O)=O. The van der Waals surface area contributed by atoms with Crippen LogP contribution in [0.1, 0.15) is 30.0 Å². The third kappa shape index (κ3) is 5.72. The topological polar surface area (TPSA) is 66.5 Å². The summed E-state index contributed by atoms with van der Waals surface area (Å²) in [6.45, 7) is 5.25. The Balaban J connectivity index is 2.42. The lowest BCUT2D eigenvalue weighted by Gasteiger charge is -2.30. The van der Waals surface area contributed by atoms with Crippen molar-refractivity contribution in [1.82, 2.24) is 0 Å². The second-order valence-electron chi connectivity index (χ2n) is 6.90. The summed E-state index contributed by atoms with van der Waals surface area (Å²) in [5, 5.41) is 2.41. The minimum Gasteiger partial charge on any atom is -0.324 e. The highest BCUT2D eigenvalue weighted by Gasteiger charge is 2.33. The van der Waals surface area contributed by atoms with Gasteiger partial charge in [-0.3, -0.25) is 9.10 Å². The Hall–Kier alpha value is -2.55. The predicted molar refractivity (Wildman–Crippen MR) is 107 cm³/mol. The molecule has 0 aliphatic rings. The lowest BCUT2D eigenvalue weighted by molar-refractivity contribution is -0.137. The van der Waals surface area contributed by atoms with Crippen LogP contribution in [-0.2, 0) is 21.0 Å². The molecule has 9 heteroatoms. The maximum Gasteiger partial charge on any atom is 0.416 e. The minimum atomic E-state index is -4.55. The molecular formula is C20H23F3N2O3S. The van der Waals surface area contributed by atoms with Gasteiger partial charge >= 0.3 is 6.18 Å². The first-order valence-electron chi connectivity index (χ1n) is 8.88. The summed E-state index contributed by atoms with van der Waals surface area (Å²) < 4.78 is 64.7. The molecule has 1 unspecified atom stereocenters. The zero-order valence-electron chi connectivity index (χ0n) is 16.5. The molecule has 2 aromatic carbocycles. The zero-order chi connectivity index (χ0) is 22.0. The fourth-order valence-electron chi connectivity index (χ4n) is 3.14. The highest BCUT2D eigenvalue weighted by Crippen LogP contribution is 2.31. The van der Waals surface area contributed by atoms with Gasteiger partial charge in [-0.1, -0.05) is 19.1 Å². The molecule has 0 bridgehead atoms. The minimum absolute atomic E-state index is 0.0582. The standard InChI is InChI=1S/C20H23F3N2O3S/c1-5-18(19(26)24-16-8-6-7-15(12-16)20(21,22)23)25(29(4,27)28)17-10-13(2)9-14(3)11-17/h6-12,18H,5H2,1-4H3,(H,24,26). The van der Waals surface area contributed by atoms with Gasteiger partial charge in [0.15, 0.2) is 0 Å². The molecule has 5 nitrogen and oxygen atoms in total. The molecule has 0 spiro atoms. The van der Waals surface area contributed by atoms with E-state index in [1.165, 1.54) is 12.1 Å². The molecule has 0 aliphatic carbocycles. The highest BCUT2D eigenvalue weighted by molar-refractivity contribution is 7.92. The number of sulfonamides is 1. The number of benzene rings is 2. The van der Waals surface area contributed by atoms with Crippen molar-refractivity contribution in [2.75, 3.05) is 15.9 Å². The fraction of sp³-hybridized carbons (Fsp3) is 0.350. The fourth-order valence-corrected chi connectivity index (χ4v) is 4.33. The Morgan fingerprint density at radius 3 is 2.17 bits per heavy atom. The summed E-state index contributed by atoms with van der Waals surface area (Å²) in [6, 6.07) is 8.24. The Bertz CT molecular complexity index is 984. The molecule has 29 heavy (non-hydrogen) atoms. The van der Waals surface area contributed by atoms with E-state index >= 15 is 0 Å². The number of hydrogen-bond acceptors (Lipinski definition) is 3. The summed E-state index contributed by atoms with van der Waals surface area (Å²) in [4.78, 5) is 12.8. The van der Waals surface area contributed by atoms with E-state index in [0.717, 1.165) is 33.8 Å². The number of anilines is 2. The summed E-state index contributed by atoms with van der Waals surface area (Å²) in [5.74, 6) is -0.712. The number of aryl methyl sites for hydroxylation is 2. The number of halogens is 3. The number of carbonyl (C=O) groups is 1. The van der Waals surface area contributed by atoms with Gasteiger partial charge in [-0.2, -0.15) is 13.2 Å². The van der Waals surface area contributed by atoms with Gasteiger partial charge in [0.25, 0.3) is 0 Å². The largest absolute Gasteiger partial charge is 0.416 e. The molecule has 1 N–H and O–H groups in total. The lowest BCUT2D eigenvalue weighted by Crippen LogP contribution is -2.47. The van der Waals surface area contributed by atoms with Gasteiger partial charge in [0.2, 0.25) is 15.9 Å². The van der Waals surface area contributed by atoms with Gasteiger partial charge in [-0.15, -0.1) is 0 Å². The average Bonchev–Trinajstić information content (AvgIpc) is 2.56. The Morgan fingerprint density at radius 2 is 1.69 bits per heavy atom. The zero-order valence-corrected chi connectivity index (χ0v) is 17.4. The van der Waals surface area contributed by atoms with Gasteiger partial charge < -0.3 is 5.32 Å². The first-order chi connectivity index (χ1) is 13.3. The van der Waals surface area contributed by atoms with Crippen LogP contribution in [0.5, 0.6) is 0 Å². The van der Waals surface area contributed by atoms with Crippen LogP contribution >= 0.6 is 0 Å². The molecule has 0 radical (unpaired) electrons. The van der Waals surface area contributed by atoms with E-state index < -0.39 is 33.7 Å². The summed E-state index contributed by atoms with van der Waals surface area (Å²) in [5.41, 5.74) is 1.01. The smallest absolute Gasteiger partial charge is 0.324 e. The van der Waals surface area contributed by atoms with Crippen molar-refractivity contribution in [3.05, 3.63) is 59.2 Å². The van der Waals surface area contributed by atoms with E-state index in [4.69, 9.17) is 0 Å². The number of carbonyl (C=O) groups excluding carboxylic acids is 1. The van der Waals surface area contributed by atoms with Crippen molar-refractivity contribution in [3.8, 4) is 0 Å². The van der Waals surface area contributed by atoms with Gasteiger partial charge in [-0.25, -0.2) is 8.42 Å². The number of nitrogens with one attached hydrogen (secondary N) is 1. The van der Waals surface area contributed by atoms with Crippen molar-refractivity contribution in [3.63, 3.8) is 0 Å². The number of alkyl halides is 3. The van der Waals surface area contributed by atoms with E-state index in [9.17, 15) is 26.4 Å². The van der Waals surface area contributed by atoms with Crippen LogP contribution in [0.4, 0.5) is 24.5 Å². The molecule has 0 aliphatic heterocycles. The molecular weight excluding hydrogens is 405 g/mol. The van der Waals surface area contributed by atoms with Crippen LogP contribution < -0.4 is 9.62 Å². The molecule has 0 fully saturated rings. The molecule has 1 atom stereocenters. The van der Waals surface area contributed by atoms with Crippen molar-refractivity contribution >= 4 is 27.3 Å². The lowest BCUT2D eigenvalue weighted by atomic mass is 10.1. The molecule has 1 amide bonds. The van der Waals surface area contributed by atoms with Crippen molar-refractivity contribution in [1.29, 1.82) is 0 Å². The maximum atomic E-state index is 12.9. The van der Waals surface area contributed by atoms with Gasteiger partial charge in [0, 0.05) is 5.69 Å². The summed E-state index contributed by atoms with van der Waals surface area (Å²) in [7, 11) is -3.84. The normalized spacial score (nSPS) is 13.1. The monoisotopic (exact) mass is 428 g/mol. The molecule has 0 saturated heterocycles. The molecule has 0 saturated carbocycles. The average molecular weight is 428 g/mol. The second kappa shape index (κ2) is 8.44. The third-order valence-electron chi connectivity index (χ3n) is 4.25. The van der Waals surface area contributed by atoms with Crippen LogP contribution in [0.15, 0.2) is 42.5 Å². The van der Waals surface area contributed by atoms with Crippen LogP contribution in [0.25, 0.3) is 0 Å². The van der Waals surface area contributed by atoms with E-state index in [1.807, 2.05) is 6.07 Å². The molecule has 2 rings (SSSR count). The predicted octanol–water partition coefficient (Wildman–Crippen LogP) is 4.51. The van der Waals surface area contributed by atoms with Crippen LogP contribution in [-0.4, -0.2) is 26.6 Å². The first-order valence-corrected chi connectivity index (χ1v) is 10.7. The van der Waals surface area contributed by atoms with E-state index in [2.05, 4.69) is 5.32 Å². The molecule has 0 aromatic heterocycles. The summed E-state index contributed by atoms with van der Waals surface area (Å²) >= 11 is 0. The van der Waals surface area contributed by atoms with Crippen molar-refractivity contribution in [2.45, 2.75) is 39.4 Å². The Labute approximate surface area is 168 Å². The van der Waals surface area contributed by atoms with E-state index in [1.54, 1.807) is 32.9 Å². The van der Waals surface area contributed by atoms with E-state index in [0.29, 0.717) is 5.69 Å². The maximum absolute atomic E-state index is 12.9. The molecule has 2 aromatic rings. The number of hydrogen-bond donors (Lipinski definition) is 1. The number of nitrogens with zero attached hydrogens (tertiary/aromatic N) is 1. The third-order valence-corrected chi connectivity index (χ3v) is 5.43. The number of rotatable bonds is 6. The molecule has 158 valence electrons. The van der Waals surface area contributed by atoms with E-state index in [-0.39, 0.29) is 12.1 Å². The first kappa shape index (κ1) is 22.7. The Kier molecular flexibility index (Phi) is 6.62. The van der Waals surface area contributed by atoms with Crippen molar-refractivity contribution < 1.29 is 26.4 Å². The number of amides is 1. The quantitative estimate of drug-likeness (QED) is 0.737. The summed E-state index contributed by atoms with van der Waals surface area (Å²) in [6.07, 6.45) is -3.43. The van der Waals surface area contributed by atoms with Gasteiger partial charge in [0.05, 0.1) is 17.5 Å². The van der Waals surface area contributed by atoms with Crippen molar-refractivity contribution in [2.24, 2.45) is 0 Å². The van der Waals surface area contributed by atoms with Gasteiger partial charge in [-0.05, 0) is 61.7 Å². The van der Waals surface area contributed by atoms with Gasteiger partial charge in [0.1, 0.15) is 6.04 Å². The molecule has 0 heterocycles. The van der Waals surface area contributed by atoms with Crippen LogP contribution in [0.3, 0.4) is 0 Å². The Morgan fingerprint density at radius 1 is 1.10 bits per heavy atom.